The highest BCUT2D eigenvalue weighted by molar-refractivity contribution is 5.94. The molecular weight excluding hydrogens is 302 g/mol. The molecule has 2 aromatic rings. The van der Waals surface area contributed by atoms with Crippen molar-refractivity contribution in [2.45, 2.75) is 32.6 Å². The summed E-state index contributed by atoms with van der Waals surface area (Å²) in [5.41, 5.74) is 0.711. The van der Waals surface area contributed by atoms with Gasteiger partial charge in [0.05, 0.1) is 12.3 Å². The van der Waals surface area contributed by atoms with Gasteiger partial charge < -0.3 is 14.8 Å². The van der Waals surface area contributed by atoms with Gasteiger partial charge in [-0.3, -0.25) is 4.79 Å². The molecule has 0 unspecified atom stereocenters. The molecule has 0 bridgehead atoms. The second kappa shape index (κ2) is 7.86. The van der Waals surface area contributed by atoms with E-state index in [1.54, 1.807) is 0 Å². The van der Waals surface area contributed by atoms with Crippen molar-refractivity contribution in [3.05, 3.63) is 48.5 Å². The van der Waals surface area contributed by atoms with Crippen LogP contribution in [0.15, 0.2) is 48.5 Å². The summed E-state index contributed by atoms with van der Waals surface area (Å²) in [5.74, 6) is 2.39. The van der Waals surface area contributed by atoms with Crippen molar-refractivity contribution in [2.75, 3.05) is 11.9 Å². The minimum atomic E-state index is 0.0928. The molecule has 4 nitrogen and oxygen atoms in total. The molecule has 24 heavy (non-hydrogen) atoms. The average molecular weight is 325 g/mol. The number of benzene rings is 2. The van der Waals surface area contributed by atoms with Crippen molar-refractivity contribution in [2.24, 2.45) is 5.92 Å². The number of nitrogens with one attached hydrogen (secondary N) is 1. The van der Waals surface area contributed by atoms with Gasteiger partial charge in [0.2, 0.25) is 5.91 Å². The summed E-state index contributed by atoms with van der Waals surface area (Å²) in [5, 5.41) is 3.02. The number of hydrogen-bond acceptors (Lipinski definition) is 3. The lowest BCUT2D eigenvalue weighted by Crippen LogP contribution is -2.20. The van der Waals surface area contributed by atoms with Crippen LogP contribution in [0.1, 0.15) is 32.6 Å². The molecule has 0 saturated heterocycles. The fourth-order valence-corrected chi connectivity index (χ4v) is 2.98. The second-order valence-corrected chi connectivity index (χ2v) is 5.97. The van der Waals surface area contributed by atoms with Gasteiger partial charge in [-0.2, -0.15) is 0 Å². The van der Waals surface area contributed by atoms with E-state index in [2.05, 4.69) is 5.32 Å². The highest BCUT2D eigenvalue weighted by Crippen LogP contribution is 2.32. The molecule has 0 aliphatic heterocycles. The molecule has 1 aliphatic rings. The van der Waals surface area contributed by atoms with Gasteiger partial charge in [-0.1, -0.05) is 25.0 Å². The van der Waals surface area contributed by atoms with Gasteiger partial charge in [0.25, 0.3) is 0 Å². The molecular formula is C20H23NO3. The first-order valence-corrected chi connectivity index (χ1v) is 8.57. The third-order valence-corrected chi connectivity index (χ3v) is 4.23. The van der Waals surface area contributed by atoms with Crippen molar-refractivity contribution in [1.82, 2.24) is 0 Å². The Balaban J connectivity index is 1.70. The topological polar surface area (TPSA) is 47.6 Å². The Bertz CT molecular complexity index is 676. The van der Waals surface area contributed by atoms with Crippen molar-refractivity contribution >= 4 is 11.6 Å². The predicted octanol–water partition coefficient (Wildman–Crippen LogP) is 5.01. The Morgan fingerprint density at radius 1 is 1.04 bits per heavy atom. The molecule has 1 amide bonds. The zero-order valence-corrected chi connectivity index (χ0v) is 14.0. The summed E-state index contributed by atoms with van der Waals surface area (Å²) < 4.78 is 11.4. The van der Waals surface area contributed by atoms with Gasteiger partial charge in [0.1, 0.15) is 11.5 Å². The van der Waals surface area contributed by atoms with Crippen LogP contribution in [0, 0.1) is 5.92 Å². The summed E-state index contributed by atoms with van der Waals surface area (Å²) in [7, 11) is 0. The van der Waals surface area contributed by atoms with E-state index in [1.807, 2.05) is 55.5 Å². The fraction of sp³-hybridized carbons (Fsp3) is 0.350. The first-order chi connectivity index (χ1) is 11.8. The van der Waals surface area contributed by atoms with Crippen LogP contribution in [0.25, 0.3) is 0 Å². The molecule has 3 rings (SSSR count). The van der Waals surface area contributed by atoms with Crippen LogP contribution in [-0.2, 0) is 4.79 Å². The lowest BCUT2D eigenvalue weighted by molar-refractivity contribution is -0.119. The van der Waals surface area contributed by atoms with Crippen LogP contribution in [-0.4, -0.2) is 12.5 Å². The minimum Gasteiger partial charge on any atom is -0.494 e. The van der Waals surface area contributed by atoms with Gasteiger partial charge in [-0.15, -0.1) is 0 Å². The van der Waals surface area contributed by atoms with Crippen molar-refractivity contribution in [1.29, 1.82) is 0 Å². The van der Waals surface area contributed by atoms with Crippen LogP contribution in [0.2, 0.25) is 0 Å². The summed E-state index contributed by atoms with van der Waals surface area (Å²) in [4.78, 5) is 12.4. The predicted molar refractivity (Wildman–Crippen MR) is 94.7 cm³/mol. The number of ether oxygens (including phenoxy) is 2. The van der Waals surface area contributed by atoms with Crippen LogP contribution >= 0.6 is 0 Å². The van der Waals surface area contributed by atoms with Gasteiger partial charge in [-0.05, 0) is 56.2 Å². The van der Waals surface area contributed by atoms with E-state index in [-0.39, 0.29) is 11.8 Å². The van der Waals surface area contributed by atoms with E-state index in [9.17, 15) is 4.79 Å². The molecule has 0 heterocycles. The van der Waals surface area contributed by atoms with E-state index in [0.29, 0.717) is 23.8 Å². The monoisotopic (exact) mass is 325 g/mol. The Morgan fingerprint density at radius 3 is 2.42 bits per heavy atom. The first-order valence-electron chi connectivity index (χ1n) is 8.57. The summed E-state index contributed by atoms with van der Waals surface area (Å²) in [6.45, 7) is 2.59. The number of amides is 1. The van der Waals surface area contributed by atoms with E-state index >= 15 is 0 Å². The number of carbonyl (C=O) groups is 1. The Kier molecular flexibility index (Phi) is 5.36. The van der Waals surface area contributed by atoms with Crippen LogP contribution in [0.5, 0.6) is 17.2 Å². The van der Waals surface area contributed by atoms with Crippen molar-refractivity contribution < 1.29 is 14.3 Å². The molecule has 4 heteroatoms. The Labute approximate surface area is 142 Å². The van der Waals surface area contributed by atoms with Crippen molar-refractivity contribution in [3.63, 3.8) is 0 Å². The standard InChI is InChI=1S/C20H23NO3/c1-2-23-16-11-13-17(14-12-16)24-19-10-6-5-9-18(19)21-20(22)15-7-3-4-8-15/h5-6,9-15H,2-4,7-8H2,1H3,(H,21,22). The molecule has 126 valence electrons. The average Bonchev–Trinajstić information content (AvgIpc) is 3.13. The normalized spacial score (nSPS) is 14.4. The summed E-state index contributed by atoms with van der Waals surface area (Å²) in [6, 6.07) is 15.0. The van der Waals surface area contributed by atoms with Crippen LogP contribution < -0.4 is 14.8 Å². The molecule has 0 radical (unpaired) electrons. The lowest BCUT2D eigenvalue weighted by Gasteiger charge is -2.14. The highest BCUT2D eigenvalue weighted by Gasteiger charge is 2.23. The van der Waals surface area contributed by atoms with Gasteiger partial charge in [0, 0.05) is 5.92 Å². The zero-order chi connectivity index (χ0) is 16.8. The fourth-order valence-electron chi connectivity index (χ4n) is 2.98. The van der Waals surface area contributed by atoms with Crippen molar-refractivity contribution in [3.8, 4) is 17.2 Å². The smallest absolute Gasteiger partial charge is 0.227 e. The highest BCUT2D eigenvalue weighted by atomic mass is 16.5. The zero-order valence-electron chi connectivity index (χ0n) is 14.0. The quantitative estimate of drug-likeness (QED) is 0.812. The maximum absolute atomic E-state index is 12.4. The third kappa shape index (κ3) is 4.07. The third-order valence-electron chi connectivity index (χ3n) is 4.23. The molecule has 1 fully saturated rings. The van der Waals surface area contributed by atoms with E-state index in [0.717, 1.165) is 31.4 Å². The Morgan fingerprint density at radius 2 is 1.71 bits per heavy atom. The minimum absolute atomic E-state index is 0.0928. The number of carbonyl (C=O) groups excluding carboxylic acids is 1. The summed E-state index contributed by atoms with van der Waals surface area (Å²) in [6.07, 6.45) is 4.24. The van der Waals surface area contributed by atoms with E-state index in [4.69, 9.17) is 9.47 Å². The van der Waals surface area contributed by atoms with E-state index < -0.39 is 0 Å². The van der Waals surface area contributed by atoms with Gasteiger partial charge in [0.15, 0.2) is 5.75 Å². The lowest BCUT2D eigenvalue weighted by atomic mass is 10.1. The van der Waals surface area contributed by atoms with E-state index in [1.165, 1.54) is 0 Å². The number of rotatable bonds is 6. The molecule has 0 spiro atoms. The second-order valence-electron chi connectivity index (χ2n) is 5.97. The molecule has 0 aromatic heterocycles. The maximum Gasteiger partial charge on any atom is 0.227 e. The van der Waals surface area contributed by atoms with Gasteiger partial charge >= 0.3 is 0 Å². The maximum atomic E-state index is 12.4. The largest absolute Gasteiger partial charge is 0.494 e. The number of hydrogen-bond donors (Lipinski definition) is 1. The number of para-hydroxylation sites is 2. The van der Waals surface area contributed by atoms with Crippen LogP contribution in [0.4, 0.5) is 5.69 Å². The molecule has 1 N–H and O–H groups in total. The SMILES string of the molecule is CCOc1ccc(Oc2ccccc2NC(=O)C2CCCC2)cc1. The number of anilines is 1. The van der Waals surface area contributed by atoms with Crippen LogP contribution in [0.3, 0.4) is 0 Å². The first kappa shape index (κ1) is 16.4. The molecule has 2 aromatic carbocycles. The summed E-state index contributed by atoms with van der Waals surface area (Å²) >= 11 is 0. The molecule has 0 atom stereocenters. The Hall–Kier alpha value is -2.49. The van der Waals surface area contributed by atoms with Gasteiger partial charge in [-0.25, -0.2) is 0 Å². The molecule has 1 saturated carbocycles. The molecule has 1 aliphatic carbocycles.